The highest BCUT2D eigenvalue weighted by Crippen LogP contribution is 2.15. The summed E-state index contributed by atoms with van der Waals surface area (Å²) in [5.74, 6) is -0.567. The van der Waals surface area contributed by atoms with Gasteiger partial charge in [-0.25, -0.2) is 0 Å². The van der Waals surface area contributed by atoms with Crippen LogP contribution in [0, 0.1) is 0 Å². The van der Waals surface area contributed by atoms with Crippen molar-refractivity contribution in [2.45, 2.75) is 26.3 Å². The van der Waals surface area contributed by atoms with Gasteiger partial charge in [0.05, 0.1) is 4.88 Å². The second-order valence-electron chi connectivity index (χ2n) is 4.02. The van der Waals surface area contributed by atoms with E-state index in [1.54, 1.807) is 19.1 Å². The normalized spacial score (nSPS) is 11.9. The van der Waals surface area contributed by atoms with Crippen molar-refractivity contribution in [2.75, 3.05) is 5.32 Å². The van der Waals surface area contributed by atoms with E-state index < -0.39 is 6.04 Å². The maximum atomic E-state index is 11.9. The molecule has 2 aromatic rings. The van der Waals surface area contributed by atoms with Crippen LogP contribution in [0.1, 0.15) is 28.5 Å². The summed E-state index contributed by atoms with van der Waals surface area (Å²) in [7, 11) is 0. The highest BCUT2D eigenvalue weighted by Gasteiger charge is 2.18. The monoisotopic (exact) mass is 310 g/mol. The standard InChI is InChI=1S/C12H14N4O2S2/c1-3-9-15-16-12(20-9)14-10(17)7(2)13-11(18)8-5-4-6-19-8/h4-7H,3H2,1-2H3,(H,13,18)(H,14,16,17). The fourth-order valence-electron chi connectivity index (χ4n) is 1.40. The summed E-state index contributed by atoms with van der Waals surface area (Å²) in [6.45, 7) is 3.60. The zero-order valence-corrected chi connectivity index (χ0v) is 12.7. The van der Waals surface area contributed by atoms with Crippen LogP contribution >= 0.6 is 22.7 Å². The van der Waals surface area contributed by atoms with Crippen LogP contribution < -0.4 is 10.6 Å². The van der Waals surface area contributed by atoms with Gasteiger partial charge in [0.1, 0.15) is 11.0 Å². The van der Waals surface area contributed by atoms with Gasteiger partial charge in [0.2, 0.25) is 11.0 Å². The molecule has 0 saturated heterocycles. The van der Waals surface area contributed by atoms with E-state index in [0.29, 0.717) is 10.0 Å². The molecule has 0 aliphatic carbocycles. The summed E-state index contributed by atoms with van der Waals surface area (Å²) in [4.78, 5) is 24.3. The van der Waals surface area contributed by atoms with Gasteiger partial charge < -0.3 is 5.32 Å². The van der Waals surface area contributed by atoms with Gasteiger partial charge in [-0.2, -0.15) is 0 Å². The number of thiophene rings is 1. The van der Waals surface area contributed by atoms with E-state index in [1.165, 1.54) is 22.7 Å². The first-order valence-electron chi connectivity index (χ1n) is 6.07. The number of nitrogens with one attached hydrogen (secondary N) is 2. The number of amides is 2. The van der Waals surface area contributed by atoms with Gasteiger partial charge in [-0.1, -0.05) is 24.3 Å². The Morgan fingerprint density at radius 1 is 1.40 bits per heavy atom. The van der Waals surface area contributed by atoms with Crippen LogP contribution in [-0.2, 0) is 11.2 Å². The minimum Gasteiger partial charge on any atom is -0.340 e. The molecule has 8 heteroatoms. The molecule has 0 aliphatic rings. The minimum atomic E-state index is -0.640. The molecule has 0 radical (unpaired) electrons. The lowest BCUT2D eigenvalue weighted by atomic mass is 10.3. The summed E-state index contributed by atoms with van der Waals surface area (Å²) in [6, 6.07) is 2.86. The number of hydrogen-bond donors (Lipinski definition) is 2. The van der Waals surface area contributed by atoms with Crippen molar-refractivity contribution in [3.8, 4) is 0 Å². The lowest BCUT2D eigenvalue weighted by molar-refractivity contribution is -0.117. The average molecular weight is 310 g/mol. The second kappa shape index (κ2) is 6.58. The summed E-state index contributed by atoms with van der Waals surface area (Å²) < 4.78 is 0. The molecule has 0 fully saturated rings. The van der Waals surface area contributed by atoms with Crippen molar-refractivity contribution in [1.29, 1.82) is 0 Å². The highest BCUT2D eigenvalue weighted by molar-refractivity contribution is 7.15. The molecule has 1 unspecified atom stereocenters. The van der Waals surface area contributed by atoms with Crippen molar-refractivity contribution in [2.24, 2.45) is 0 Å². The van der Waals surface area contributed by atoms with Gasteiger partial charge in [-0.15, -0.1) is 21.5 Å². The third kappa shape index (κ3) is 3.61. The molecule has 2 amide bonds. The van der Waals surface area contributed by atoms with Crippen LogP contribution in [-0.4, -0.2) is 28.1 Å². The molecule has 106 valence electrons. The number of anilines is 1. The highest BCUT2D eigenvalue weighted by atomic mass is 32.1. The minimum absolute atomic E-state index is 0.255. The molecule has 1 atom stereocenters. The Hall–Kier alpha value is -1.80. The zero-order chi connectivity index (χ0) is 14.5. The largest absolute Gasteiger partial charge is 0.340 e. The van der Waals surface area contributed by atoms with Gasteiger partial charge in [0.25, 0.3) is 5.91 Å². The van der Waals surface area contributed by atoms with Crippen LogP contribution in [0.4, 0.5) is 5.13 Å². The predicted octanol–water partition coefficient (Wildman–Crippen LogP) is 1.92. The maximum Gasteiger partial charge on any atom is 0.261 e. The smallest absolute Gasteiger partial charge is 0.261 e. The molecule has 2 heterocycles. The fraction of sp³-hybridized carbons (Fsp3) is 0.333. The molecule has 6 nitrogen and oxygen atoms in total. The van der Waals surface area contributed by atoms with Crippen molar-refractivity contribution in [3.05, 3.63) is 27.4 Å². The molecule has 20 heavy (non-hydrogen) atoms. The van der Waals surface area contributed by atoms with Crippen LogP contribution in [0.5, 0.6) is 0 Å². The number of aryl methyl sites for hydroxylation is 1. The number of rotatable bonds is 5. The van der Waals surface area contributed by atoms with Crippen LogP contribution in [0.15, 0.2) is 17.5 Å². The lowest BCUT2D eigenvalue weighted by Crippen LogP contribution is -2.41. The number of carbonyl (C=O) groups excluding carboxylic acids is 2. The van der Waals surface area contributed by atoms with Crippen LogP contribution in [0.25, 0.3) is 0 Å². The molecule has 2 aromatic heterocycles. The third-order valence-corrected chi connectivity index (χ3v) is 4.34. The number of aromatic nitrogens is 2. The van der Waals surface area contributed by atoms with E-state index in [2.05, 4.69) is 20.8 Å². The molecule has 2 N–H and O–H groups in total. The second-order valence-corrected chi connectivity index (χ2v) is 6.03. The van der Waals surface area contributed by atoms with Gasteiger partial charge in [0, 0.05) is 0 Å². The van der Waals surface area contributed by atoms with E-state index in [-0.39, 0.29) is 11.8 Å². The van der Waals surface area contributed by atoms with Crippen molar-refractivity contribution in [3.63, 3.8) is 0 Å². The maximum absolute atomic E-state index is 11.9. The molecular weight excluding hydrogens is 296 g/mol. The topological polar surface area (TPSA) is 84.0 Å². The lowest BCUT2D eigenvalue weighted by Gasteiger charge is -2.11. The van der Waals surface area contributed by atoms with Gasteiger partial charge in [-0.05, 0) is 24.8 Å². The quantitative estimate of drug-likeness (QED) is 0.883. The molecule has 0 aliphatic heterocycles. The van der Waals surface area contributed by atoms with E-state index in [4.69, 9.17) is 0 Å². The Kier molecular flexibility index (Phi) is 4.80. The van der Waals surface area contributed by atoms with E-state index in [9.17, 15) is 9.59 Å². The van der Waals surface area contributed by atoms with Crippen molar-refractivity contribution < 1.29 is 9.59 Å². The van der Waals surface area contributed by atoms with Gasteiger partial charge >= 0.3 is 0 Å². The number of carbonyl (C=O) groups is 2. The van der Waals surface area contributed by atoms with Gasteiger partial charge in [-0.3, -0.25) is 14.9 Å². The average Bonchev–Trinajstić information content (AvgIpc) is 3.09. The van der Waals surface area contributed by atoms with Crippen molar-refractivity contribution >= 4 is 39.6 Å². The van der Waals surface area contributed by atoms with Crippen LogP contribution in [0.3, 0.4) is 0 Å². The van der Waals surface area contributed by atoms with Crippen molar-refractivity contribution in [1.82, 2.24) is 15.5 Å². The molecule has 0 bridgehead atoms. The third-order valence-electron chi connectivity index (χ3n) is 2.49. The first kappa shape index (κ1) is 14.6. The first-order valence-corrected chi connectivity index (χ1v) is 7.77. The van der Waals surface area contributed by atoms with Crippen LogP contribution in [0.2, 0.25) is 0 Å². The number of nitrogens with zero attached hydrogens (tertiary/aromatic N) is 2. The first-order chi connectivity index (χ1) is 9.60. The fourth-order valence-corrected chi connectivity index (χ4v) is 2.71. The Morgan fingerprint density at radius 3 is 2.80 bits per heavy atom. The molecule has 0 aromatic carbocycles. The Labute approximate surface area is 124 Å². The molecule has 0 spiro atoms. The number of hydrogen-bond acceptors (Lipinski definition) is 6. The zero-order valence-electron chi connectivity index (χ0n) is 11.0. The molecule has 2 rings (SSSR count). The summed E-state index contributed by atoms with van der Waals surface area (Å²) in [5, 5.41) is 16.2. The van der Waals surface area contributed by atoms with E-state index in [1.807, 2.05) is 12.3 Å². The van der Waals surface area contributed by atoms with E-state index in [0.717, 1.165) is 11.4 Å². The summed E-state index contributed by atoms with van der Waals surface area (Å²) in [6.07, 6.45) is 0.776. The Balaban J connectivity index is 1.90. The Morgan fingerprint density at radius 2 is 2.20 bits per heavy atom. The van der Waals surface area contributed by atoms with E-state index >= 15 is 0 Å². The predicted molar refractivity (Wildman–Crippen MR) is 79.2 cm³/mol. The SMILES string of the molecule is CCc1nnc(NC(=O)C(C)NC(=O)c2cccs2)s1. The Bertz CT molecular complexity index is 594. The summed E-state index contributed by atoms with van der Waals surface area (Å²) in [5.41, 5.74) is 0. The molecular formula is C12H14N4O2S2. The molecule has 0 saturated carbocycles. The van der Waals surface area contributed by atoms with Gasteiger partial charge in [0.15, 0.2) is 0 Å². The summed E-state index contributed by atoms with van der Waals surface area (Å²) >= 11 is 2.66.